The molecule has 1 aromatic carbocycles. The zero-order valence-electron chi connectivity index (χ0n) is 11.2. The van der Waals surface area contributed by atoms with Crippen molar-refractivity contribution >= 4 is 5.97 Å². The van der Waals surface area contributed by atoms with Crippen molar-refractivity contribution in [3.05, 3.63) is 46.8 Å². The van der Waals surface area contributed by atoms with Gasteiger partial charge in [0.05, 0.1) is 19.3 Å². The van der Waals surface area contributed by atoms with Crippen LogP contribution < -0.4 is 4.74 Å². The second-order valence-corrected chi connectivity index (χ2v) is 4.42. The van der Waals surface area contributed by atoms with E-state index in [1.54, 1.807) is 12.1 Å². The van der Waals surface area contributed by atoms with Gasteiger partial charge in [-0.05, 0) is 37.6 Å². The van der Waals surface area contributed by atoms with E-state index in [0.29, 0.717) is 12.3 Å². The Morgan fingerprint density at radius 3 is 2.63 bits per heavy atom. The van der Waals surface area contributed by atoms with E-state index < -0.39 is 5.97 Å². The minimum atomic E-state index is -0.993. The van der Waals surface area contributed by atoms with Crippen LogP contribution in [0.2, 0.25) is 0 Å². The Labute approximate surface area is 111 Å². The number of methoxy groups -OCH3 is 1. The van der Waals surface area contributed by atoms with E-state index in [4.69, 9.17) is 9.84 Å². The zero-order valence-corrected chi connectivity index (χ0v) is 11.2. The number of hydrogen-bond donors (Lipinski definition) is 1. The van der Waals surface area contributed by atoms with Gasteiger partial charge < -0.3 is 9.84 Å². The third kappa shape index (κ3) is 2.76. The van der Waals surface area contributed by atoms with E-state index in [-0.39, 0.29) is 5.56 Å². The third-order valence-electron chi connectivity index (χ3n) is 2.93. The summed E-state index contributed by atoms with van der Waals surface area (Å²) in [5, 5.41) is 13.5. The number of benzene rings is 1. The maximum atomic E-state index is 11.2. The van der Waals surface area contributed by atoms with Crippen LogP contribution in [0.15, 0.2) is 24.3 Å². The molecule has 0 saturated carbocycles. The summed E-state index contributed by atoms with van der Waals surface area (Å²) < 4.78 is 6.89. The summed E-state index contributed by atoms with van der Waals surface area (Å²) in [7, 11) is 1.46. The van der Waals surface area contributed by atoms with Crippen LogP contribution in [0, 0.1) is 13.8 Å². The lowest BCUT2D eigenvalue weighted by Crippen LogP contribution is -2.06. The van der Waals surface area contributed by atoms with Gasteiger partial charge in [-0.2, -0.15) is 5.10 Å². The highest BCUT2D eigenvalue weighted by Crippen LogP contribution is 2.20. The van der Waals surface area contributed by atoms with Gasteiger partial charge in [0.2, 0.25) is 0 Å². The van der Waals surface area contributed by atoms with Crippen LogP contribution in [0.25, 0.3) is 0 Å². The highest BCUT2D eigenvalue weighted by Gasteiger charge is 2.12. The van der Waals surface area contributed by atoms with Crippen molar-refractivity contribution in [1.82, 2.24) is 9.78 Å². The highest BCUT2D eigenvalue weighted by molar-refractivity contribution is 5.91. The number of ether oxygens (including phenoxy) is 1. The lowest BCUT2D eigenvalue weighted by Gasteiger charge is -2.09. The largest absolute Gasteiger partial charge is 0.496 e. The molecule has 0 saturated heterocycles. The second kappa shape index (κ2) is 5.14. The Hall–Kier alpha value is -2.30. The Balaban J connectivity index is 2.33. The van der Waals surface area contributed by atoms with Crippen LogP contribution in [0.3, 0.4) is 0 Å². The molecule has 1 heterocycles. The first-order valence-electron chi connectivity index (χ1n) is 5.92. The van der Waals surface area contributed by atoms with Crippen LogP contribution >= 0.6 is 0 Å². The summed E-state index contributed by atoms with van der Waals surface area (Å²) >= 11 is 0. The van der Waals surface area contributed by atoms with Gasteiger partial charge in [-0.15, -0.1) is 0 Å². The molecule has 0 radical (unpaired) electrons. The smallest absolute Gasteiger partial charge is 0.339 e. The highest BCUT2D eigenvalue weighted by atomic mass is 16.5. The van der Waals surface area contributed by atoms with Gasteiger partial charge in [0.15, 0.2) is 0 Å². The molecule has 0 amide bonds. The Morgan fingerprint density at radius 1 is 1.37 bits per heavy atom. The van der Waals surface area contributed by atoms with Crippen LogP contribution in [0.5, 0.6) is 5.75 Å². The normalized spacial score (nSPS) is 10.5. The minimum Gasteiger partial charge on any atom is -0.496 e. The molecule has 2 rings (SSSR count). The lowest BCUT2D eigenvalue weighted by atomic mass is 10.1. The SMILES string of the molecule is COc1ccc(Cn2nc(C)cc2C)cc1C(=O)O. The van der Waals surface area contributed by atoms with Crippen LogP contribution in [-0.4, -0.2) is 28.0 Å². The molecule has 0 fully saturated rings. The maximum Gasteiger partial charge on any atom is 0.339 e. The summed E-state index contributed by atoms with van der Waals surface area (Å²) in [4.78, 5) is 11.2. The molecule has 0 unspecified atom stereocenters. The van der Waals surface area contributed by atoms with Crippen molar-refractivity contribution in [3.63, 3.8) is 0 Å². The first-order chi connectivity index (χ1) is 9.01. The predicted octanol–water partition coefficient (Wildman–Crippen LogP) is 2.26. The van der Waals surface area contributed by atoms with Crippen molar-refractivity contribution in [2.75, 3.05) is 7.11 Å². The maximum absolute atomic E-state index is 11.2. The molecule has 0 aliphatic rings. The van der Waals surface area contributed by atoms with Crippen molar-refractivity contribution in [2.45, 2.75) is 20.4 Å². The summed E-state index contributed by atoms with van der Waals surface area (Å²) in [6, 6.07) is 7.13. The minimum absolute atomic E-state index is 0.168. The Kier molecular flexibility index (Phi) is 3.55. The fraction of sp³-hybridized carbons (Fsp3) is 0.286. The van der Waals surface area contributed by atoms with Crippen molar-refractivity contribution in [3.8, 4) is 5.75 Å². The number of carboxylic acid groups (broad SMARTS) is 1. The van der Waals surface area contributed by atoms with Crippen LogP contribution in [-0.2, 0) is 6.54 Å². The molecule has 0 atom stereocenters. The van der Waals surface area contributed by atoms with E-state index in [2.05, 4.69) is 5.10 Å². The van der Waals surface area contributed by atoms with Gasteiger partial charge in [0.25, 0.3) is 0 Å². The quantitative estimate of drug-likeness (QED) is 0.915. The number of aromatic nitrogens is 2. The number of nitrogens with zero attached hydrogens (tertiary/aromatic N) is 2. The summed E-state index contributed by atoms with van der Waals surface area (Å²) in [5.74, 6) is -0.628. The molecule has 19 heavy (non-hydrogen) atoms. The number of rotatable bonds is 4. The zero-order chi connectivity index (χ0) is 14.0. The third-order valence-corrected chi connectivity index (χ3v) is 2.93. The fourth-order valence-electron chi connectivity index (χ4n) is 2.03. The first kappa shape index (κ1) is 13.1. The molecule has 100 valence electrons. The molecule has 5 heteroatoms. The number of hydrogen-bond acceptors (Lipinski definition) is 3. The molecule has 0 bridgehead atoms. The van der Waals surface area contributed by atoms with Crippen molar-refractivity contribution in [2.24, 2.45) is 0 Å². The van der Waals surface area contributed by atoms with Crippen molar-refractivity contribution < 1.29 is 14.6 Å². The Morgan fingerprint density at radius 2 is 2.11 bits per heavy atom. The molecular formula is C14H16N2O3. The van der Waals surface area contributed by atoms with Gasteiger partial charge in [0.1, 0.15) is 11.3 Å². The number of carbonyl (C=O) groups is 1. The summed E-state index contributed by atoms with van der Waals surface area (Å²) in [5.41, 5.74) is 3.04. The molecule has 2 aromatic rings. The lowest BCUT2D eigenvalue weighted by molar-refractivity contribution is 0.0693. The Bertz CT molecular complexity index is 617. The first-order valence-corrected chi connectivity index (χ1v) is 5.92. The summed E-state index contributed by atoms with van der Waals surface area (Å²) in [6.07, 6.45) is 0. The van der Waals surface area contributed by atoms with E-state index in [0.717, 1.165) is 17.0 Å². The van der Waals surface area contributed by atoms with Crippen LogP contribution in [0.1, 0.15) is 27.3 Å². The monoisotopic (exact) mass is 260 g/mol. The molecule has 5 nitrogen and oxygen atoms in total. The van der Waals surface area contributed by atoms with Gasteiger partial charge in [-0.3, -0.25) is 4.68 Å². The second-order valence-electron chi connectivity index (χ2n) is 4.42. The molecule has 1 aromatic heterocycles. The van der Waals surface area contributed by atoms with E-state index in [1.165, 1.54) is 7.11 Å². The van der Waals surface area contributed by atoms with E-state index >= 15 is 0 Å². The molecule has 0 spiro atoms. The van der Waals surface area contributed by atoms with Gasteiger partial charge in [-0.1, -0.05) is 6.07 Å². The molecule has 0 aliphatic carbocycles. The van der Waals surface area contributed by atoms with Crippen LogP contribution in [0.4, 0.5) is 0 Å². The average molecular weight is 260 g/mol. The van der Waals surface area contributed by atoms with E-state index in [9.17, 15) is 4.79 Å². The number of aromatic carboxylic acids is 1. The standard InChI is InChI=1S/C14H16N2O3/c1-9-6-10(2)16(15-9)8-11-4-5-13(19-3)12(7-11)14(17)18/h4-7H,8H2,1-3H3,(H,17,18). The molecule has 1 N–H and O–H groups in total. The van der Waals surface area contributed by atoms with Gasteiger partial charge in [0, 0.05) is 5.69 Å². The van der Waals surface area contributed by atoms with Gasteiger partial charge >= 0.3 is 5.97 Å². The van der Waals surface area contributed by atoms with Crippen molar-refractivity contribution in [1.29, 1.82) is 0 Å². The number of carboxylic acids is 1. The van der Waals surface area contributed by atoms with Gasteiger partial charge in [-0.25, -0.2) is 4.79 Å². The molecule has 0 aliphatic heterocycles. The average Bonchev–Trinajstić information content (AvgIpc) is 2.67. The van der Waals surface area contributed by atoms with E-state index in [1.807, 2.05) is 30.7 Å². The summed E-state index contributed by atoms with van der Waals surface area (Å²) in [6.45, 7) is 4.45. The topological polar surface area (TPSA) is 64.4 Å². The fourth-order valence-corrected chi connectivity index (χ4v) is 2.03. The number of aryl methyl sites for hydroxylation is 2. The molecular weight excluding hydrogens is 244 g/mol. The predicted molar refractivity (Wildman–Crippen MR) is 70.8 cm³/mol.